The van der Waals surface area contributed by atoms with Gasteiger partial charge in [0.15, 0.2) is 18.1 Å². The van der Waals surface area contributed by atoms with Crippen LogP contribution in [-0.2, 0) is 14.3 Å². The molecular weight excluding hydrogens is 332 g/mol. The molecule has 0 aliphatic rings. The zero-order valence-electron chi connectivity index (χ0n) is 14.5. The Labute approximate surface area is 144 Å². The molecule has 0 saturated carbocycles. The van der Waals surface area contributed by atoms with Gasteiger partial charge in [-0.05, 0) is 12.1 Å². The van der Waals surface area contributed by atoms with E-state index in [2.05, 4.69) is 5.32 Å². The second kappa shape index (κ2) is 8.22. The van der Waals surface area contributed by atoms with Crippen LogP contribution in [0.25, 0.3) is 0 Å². The molecule has 0 aromatic heterocycles. The molecule has 1 aromatic carbocycles. The van der Waals surface area contributed by atoms with Crippen molar-refractivity contribution in [3.05, 3.63) is 33.9 Å². The van der Waals surface area contributed by atoms with Gasteiger partial charge in [-0.1, -0.05) is 20.8 Å². The van der Waals surface area contributed by atoms with Crippen LogP contribution in [0.15, 0.2) is 18.2 Å². The zero-order valence-corrected chi connectivity index (χ0v) is 14.5. The number of esters is 1. The van der Waals surface area contributed by atoms with Crippen LogP contribution in [0.1, 0.15) is 31.1 Å². The summed E-state index contributed by atoms with van der Waals surface area (Å²) in [4.78, 5) is 45.5. The first-order chi connectivity index (χ1) is 11.6. The molecule has 0 spiro atoms. The van der Waals surface area contributed by atoms with Crippen LogP contribution in [0.3, 0.4) is 0 Å². The highest BCUT2D eigenvalue weighted by atomic mass is 16.6. The number of carbonyl (C=O) groups is 3. The second-order valence-corrected chi connectivity index (χ2v) is 6.16. The lowest BCUT2D eigenvalue weighted by Crippen LogP contribution is -2.33. The van der Waals surface area contributed by atoms with Crippen molar-refractivity contribution < 1.29 is 28.8 Å². The van der Waals surface area contributed by atoms with Crippen LogP contribution in [0, 0.1) is 15.5 Å². The van der Waals surface area contributed by atoms with E-state index in [0.717, 1.165) is 6.07 Å². The van der Waals surface area contributed by atoms with Gasteiger partial charge in [-0.25, -0.2) is 0 Å². The van der Waals surface area contributed by atoms with Crippen LogP contribution >= 0.6 is 0 Å². The van der Waals surface area contributed by atoms with E-state index in [1.54, 1.807) is 20.8 Å². The number of rotatable bonds is 7. The molecule has 0 heterocycles. The Morgan fingerprint density at radius 3 is 2.40 bits per heavy atom. The van der Waals surface area contributed by atoms with Gasteiger partial charge in [0.1, 0.15) is 6.54 Å². The third-order valence-electron chi connectivity index (χ3n) is 3.23. The first kappa shape index (κ1) is 20.1. The fourth-order valence-corrected chi connectivity index (χ4v) is 1.64. The summed E-state index contributed by atoms with van der Waals surface area (Å²) >= 11 is 0. The lowest BCUT2D eigenvalue weighted by molar-refractivity contribution is -0.385. The Kier molecular flexibility index (Phi) is 6.60. The van der Waals surface area contributed by atoms with Gasteiger partial charge in [0.2, 0.25) is 0 Å². The number of hydrogen-bond acceptors (Lipinski definition) is 7. The van der Waals surface area contributed by atoms with Crippen molar-refractivity contribution in [2.75, 3.05) is 20.3 Å². The number of nitrogens with zero attached hydrogens (tertiary/aromatic N) is 1. The van der Waals surface area contributed by atoms with Crippen LogP contribution in [0.2, 0.25) is 0 Å². The van der Waals surface area contributed by atoms with E-state index in [0.29, 0.717) is 0 Å². The Hall–Kier alpha value is -2.97. The number of Topliss-reactive ketones (excluding diaryl/α,β-unsaturated/α-hetero) is 1. The number of hydrogen-bond donors (Lipinski definition) is 1. The molecule has 9 heteroatoms. The minimum absolute atomic E-state index is 0.00827. The summed E-state index contributed by atoms with van der Waals surface area (Å²) in [5.74, 6) is -1.71. The molecule has 0 atom stereocenters. The number of nitrogens with one attached hydrogen (secondary N) is 1. The Balaban J connectivity index is 2.62. The lowest BCUT2D eigenvalue weighted by Gasteiger charge is -2.16. The summed E-state index contributed by atoms with van der Waals surface area (Å²) in [6, 6.07) is 3.66. The van der Waals surface area contributed by atoms with Gasteiger partial charge in [-0.2, -0.15) is 0 Å². The minimum atomic E-state index is -0.783. The van der Waals surface area contributed by atoms with Gasteiger partial charge < -0.3 is 14.8 Å². The molecule has 1 amide bonds. The maximum Gasteiger partial charge on any atom is 0.325 e. The van der Waals surface area contributed by atoms with Crippen molar-refractivity contribution >= 4 is 23.3 Å². The third kappa shape index (κ3) is 5.87. The van der Waals surface area contributed by atoms with E-state index in [9.17, 15) is 24.5 Å². The van der Waals surface area contributed by atoms with Crippen molar-refractivity contribution in [3.63, 3.8) is 0 Å². The summed E-state index contributed by atoms with van der Waals surface area (Å²) < 4.78 is 9.63. The minimum Gasteiger partial charge on any atom is -0.490 e. The highest BCUT2D eigenvalue weighted by molar-refractivity contribution is 5.97. The lowest BCUT2D eigenvalue weighted by atomic mass is 9.91. The van der Waals surface area contributed by atoms with Gasteiger partial charge in [0.05, 0.1) is 12.0 Å². The van der Waals surface area contributed by atoms with Crippen molar-refractivity contribution in [1.29, 1.82) is 0 Å². The molecule has 1 rings (SSSR count). The number of methoxy groups -OCH3 is 1. The van der Waals surface area contributed by atoms with E-state index in [1.165, 1.54) is 19.2 Å². The smallest absolute Gasteiger partial charge is 0.325 e. The molecule has 0 fully saturated rings. The molecule has 9 nitrogen and oxygen atoms in total. The largest absolute Gasteiger partial charge is 0.490 e. The van der Waals surface area contributed by atoms with Gasteiger partial charge in [0.25, 0.3) is 5.91 Å². The number of benzene rings is 1. The molecule has 136 valence electrons. The molecule has 0 aliphatic carbocycles. The maximum absolute atomic E-state index is 12.0. The molecule has 0 aliphatic heterocycles. The third-order valence-corrected chi connectivity index (χ3v) is 3.23. The van der Waals surface area contributed by atoms with Crippen molar-refractivity contribution in [2.24, 2.45) is 5.41 Å². The van der Waals surface area contributed by atoms with E-state index < -0.39 is 28.8 Å². The SMILES string of the molecule is COc1ccc(C(=O)NCC(=O)OCC(=O)C(C)(C)C)cc1[N+](=O)[O-]. The van der Waals surface area contributed by atoms with E-state index >= 15 is 0 Å². The Morgan fingerprint density at radius 1 is 1.24 bits per heavy atom. The predicted octanol–water partition coefficient (Wildman–Crippen LogP) is 1.49. The molecule has 1 aromatic rings. The summed E-state index contributed by atoms with van der Waals surface area (Å²) in [5, 5.41) is 13.2. The van der Waals surface area contributed by atoms with Gasteiger partial charge in [0, 0.05) is 17.0 Å². The highest BCUT2D eigenvalue weighted by Crippen LogP contribution is 2.27. The van der Waals surface area contributed by atoms with Crippen LogP contribution < -0.4 is 10.1 Å². The molecule has 0 unspecified atom stereocenters. The molecule has 25 heavy (non-hydrogen) atoms. The van der Waals surface area contributed by atoms with Crippen LogP contribution in [-0.4, -0.2) is 42.8 Å². The quantitative estimate of drug-likeness (QED) is 0.448. The van der Waals surface area contributed by atoms with Crippen molar-refractivity contribution in [3.8, 4) is 5.75 Å². The normalized spacial score (nSPS) is 10.7. The van der Waals surface area contributed by atoms with Crippen molar-refractivity contribution in [2.45, 2.75) is 20.8 Å². The number of nitro benzene ring substituents is 1. The predicted molar refractivity (Wildman–Crippen MR) is 87.4 cm³/mol. The second-order valence-electron chi connectivity index (χ2n) is 6.16. The van der Waals surface area contributed by atoms with Gasteiger partial charge in [-0.3, -0.25) is 24.5 Å². The number of ketones is 1. The fourth-order valence-electron chi connectivity index (χ4n) is 1.64. The van der Waals surface area contributed by atoms with E-state index in [-0.39, 0.29) is 29.4 Å². The molecular formula is C16H20N2O7. The number of ether oxygens (including phenoxy) is 2. The van der Waals surface area contributed by atoms with Crippen molar-refractivity contribution in [1.82, 2.24) is 5.32 Å². The molecule has 0 bridgehead atoms. The molecule has 1 N–H and O–H groups in total. The fraction of sp³-hybridized carbons (Fsp3) is 0.438. The highest BCUT2D eigenvalue weighted by Gasteiger charge is 2.23. The topological polar surface area (TPSA) is 125 Å². The summed E-state index contributed by atoms with van der Waals surface area (Å²) in [5.41, 5.74) is -1.01. The Morgan fingerprint density at radius 2 is 1.88 bits per heavy atom. The first-order valence-corrected chi connectivity index (χ1v) is 7.35. The summed E-state index contributed by atoms with van der Waals surface area (Å²) in [7, 11) is 1.27. The molecule has 0 saturated heterocycles. The number of carbonyl (C=O) groups excluding carboxylic acids is 3. The summed E-state index contributed by atoms with van der Waals surface area (Å²) in [6.45, 7) is 4.24. The van der Waals surface area contributed by atoms with Crippen LogP contribution in [0.5, 0.6) is 5.75 Å². The van der Waals surface area contributed by atoms with E-state index in [4.69, 9.17) is 9.47 Å². The van der Waals surface area contributed by atoms with Gasteiger partial charge in [-0.15, -0.1) is 0 Å². The summed E-state index contributed by atoms with van der Waals surface area (Å²) in [6.07, 6.45) is 0. The average molecular weight is 352 g/mol. The number of amides is 1. The monoisotopic (exact) mass is 352 g/mol. The number of nitro groups is 1. The standard InChI is InChI=1S/C16H20N2O7/c1-16(2,3)13(19)9-25-14(20)8-17-15(21)10-5-6-12(24-4)11(7-10)18(22)23/h5-7H,8-9H2,1-4H3,(H,17,21). The van der Waals surface area contributed by atoms with Gasteiger partial charge >= 0.3 is 11.7 Å². The molecule has 0 radical (unpaired) electrons. The van der Waals surface area contributed by atoms with Crippen LogP contribution in [0.4, 0.5) is 5.69 Å². The Bertz CT molecular complexity index is 692. The first-order valence-electron chi connectivity index (χ1n) is 7.35. The zero-order chi connectivity index (χ0) is 19.2. The van der Waals surface area contributed by atoms with E-state index in [1.807, 2.05) is 0 Å². The maximum atomic E-state index is 12.0. The average Bonchev–Trinajstić information content (AvgIpc) is 2.55.